The fourth-order valence-electron chi connectivity index (χ4n) is 2.58. The van der Waals surface area contributed by atoms with E-state index in [0.717, 1.165) is 27.1 Å². The lowest BCUT2D eigenvalue weighted by atomic mass is 10.1. The van der Waals surface area contributed by atoms with Crippen molar-refractivity contribution in [2.45, 2.75) is 26.8 Å². The molecule has 3 rings (SSSR count). The Kier molecular flexibility index (Phi) is 4.93. The molecule has 132 valence electrons. The van der Waals surface area contributed by atoms with Gasteiger partial charge in [0.25, 0.3) is 0 Å². The van der Waals surface area contributed by atoms with Crippen molar-refractivity contribution in [3.8, 4) is 11.3 Å². The lowest BCUT2D eigenvalue weighted by Gasteiger charge is -2.15. The molecule has 0 unspecified atom stereocenters. The van der Waals surface area contributed by atoms with Crippen LogP contribution in [0.2, 0.25) is 0 Å². The summed E-state index contributed by atoms with van der Waals surface area (Å²) in [6, 6.07) is 14.4. The molecule has 1 atom stereocenters. The van der Waals surface area contributed by atoms with Crippen molar-refractivity contribution in [2.75, 3.05) is 5.32 Å². The molecule has 6 heteroatoms. The van der Waals surface area contributed by atoms with Gasteiger partial charge in [0, 0.05) is 11.3 Å². The van der Waals surface area contributed by atoms with Crippen molar-refractivity contribution < 1.29 is 4.79 Å². The summed E-state index contributed by atoms with van der Waals surface area (Å²) in [5.41, 5.74) is 3.45. The Morgan fingerprint density at radius 1 is 1.12 bits per heavy atom. The molecule has 3 aromatic rings. The molecule has 0 aliphatic heterocycles. The SMILES string of the molecule is Cc1ccc(C)c(NC(=O)[C@H](C)n2ncc(-c3ccccc3)nc2=O)c1. The van der Waals surface area contributed by atoms with E-state index in [1.54, 1.807) is 6.92 Å². The van der Waals surface area contributed by atoms with Crippen LogP contribution in [0.1, 0.15) is 24.1 Å². The molecule has 0 saturated heterocycles. The molecule has 26 heavy (non-hydrogen) atoms. The van der Waals surface area contributed by atoms with E-state index in [0.29, 0.717) is 5.69 Å². The average molecular weight is 348 g/mol. The van der Waals surface area contributed by atoms with Crippen molar-refractivity contribution >= 4 is 11.6 Å². The highest BCUT2D eigenvalue weighted by Crippen LogP contribution is 2.18. The first-order chi connectivity index (χ1) is 12.5. The quantitative estimate of drug-likeness (QED) is 0.786. The summed E-state index contributed by atoms with van der Waals surface area (Å²) >= 11 is 0. The number of aromatic nitrogens is 3. The standard InChI is InChI=1S/C20H20N4O2/c1-13-9-10-14(2)17(11-13)22-19(25)15(3)24-20(26)23-18(12-21-24)16-7-5-4-6-8-16/h4-12,15H,1-3H3,(H,22,25)/t15-/m0/s1. The van der Waals surface area contributed by atoms with Crippen LogP contribution in [0, 0.1) is 13.8 Å². The van der Waals surface area contributed by atoms with Crippen LogP contribution in [0.25, 0.3) is 11.3 Å². The molecule has 0 aliphatic carbocycles. The van der Waals surface area contributed by atoms with Gasteiger partial charge in [0.15, 0.2) is 0 Å². The Morgan fingerprint density at radius 2 is 1.85 bits per heavy atom. The van der Waals surface area contributed by atoms with E-state index < -0.39 is 11.7 Å². The van der Waals surface area contributed by atoms with Crippen molar-refractivity contribution in [1.82, 2.24) is 14.8 Å². The van der Waals surface area contributed by atoms with Gasteiger partial charge in [0.1, 0.15) is 6.04 Å². The number of benzene rings is 2. The number of hydrogen-bond acceptors (Lipinski definition) is 4. The molecule has 6 nitrogen and oxygen atoms in total. The Bertz CT molecular complexity index is 996. The van der Waals surface area contributed by atoms with Gasteiger partial charge >= 0.3 is 5.69 Å². The molecular formula is C20H20N4O2. The Balaban J connectivity index is 1.83. The highest BCUT2D eigenvalue weighted by molar-refractivity contribution is 5.94. The van der Waals surface area contributed by atoms with Gasteiger partial charge in [0.2, 0.25) is 5.91 Å². The van der Waals surface area contributed by atoms with E-state index in [9.17, 15) is 9.59 Å². The second-order valence-corrected chi connectivity index (χ2v) is 6.22. The zero-order valence-electron chi connectivity index (χ0n) is 14.9. The van der Waals surface area contributed by atoms with E-state index in [4.69, 9.17) is 0 Å². The van der Waals surface area contributed by atoms with Gasteiger partial charge in [-0.15, -0.1) is 0 Å². The van der Waals surface area contributed by atoms with Crippen LogP contribution in [0.5, 0.6) is 0 Å². The zero-order chi connectivity index (χ0) is 18.7. The molecule has 0 radical (unpaired) electrons. The molecule has 0 aliphatic rings. The van der Waals surface area contributed by atoms with Crippen LogP contribution in [0.3, 0.4) is 0 Å². The van der Waals surface area contributed by atoms with E-state index in [1.165, 1.54) is 6.20 Å². The van der Waals surface area contributed by atoms with Gasteiger partial charge in [-0.1, -0.05) is 42.5 Å². The van der Waals surface area contributed by atoms with Crippen LogP contribution in [-0.4, -0.2) is 20.7 Å². The number of anilines is 1. The second kappa shape index (κ2) is 7.31. The number of carbonyl (C=O) groups excluding carboxylic acids is 1. The summed E-state index contributed by atoms with van der Waals surface area (Å²) in [6.07, 6.45) is 1.50. The average Bonchev–Trinajstić information content (AvgIpc) is 2.64. The third-order valence-electron chi connectivity index (χ3n) is 4.18. The number of carbonyl (C=O) groups is 1. The van der Waals surface area contributed by atoms with Gasteiger partial charge in [-0.05, 0) is 38.0 Å². The fraction of sp³-hybridized carbons (Fsp3) is 0.200. The minimum atomic E-state index is -0.778. The highest BCUT2D eigenvalue weighted by atomic mass is 16.2. The smallest absolute Gasteiger partial charge is 0.324 e. The molecule has 1 N–H and O–H groups in total. The highest BCUT2D eigenvalue weighted by Gasteiger charge is 2.19. The maximum absolute atomic E-state index is 12.5. The molecule has 0 bridgehead atoms. The number of rotatable bonds is 4. The molecule has 0 saturated carbocycles. The normalized spacial score (nSPS) is 11.8. The zero-order valence-corrected chi connectivity index (χ0v) is 14.9. The second-order valence-electron chi connectivity index (χ2n) is 6.22. The number of aryl methyl sites for hydroxylation is 2. The number of nitrogens with zero attached hydrogens (tertiary/aromatic N) is 3. The minimum Gasteiger partial charge on any atom is -0.324 e. The van der Waals surface area contributed by atoms with Gasteiger partial charge in [0.05, 0.1) is 11.9 Å². The summed E-state index contributed by atoms with van der Waals surface area (Å²) in [4.78, 5) is 28.9. The largest absolute Gasteiger partial charge is 0.365 e. The van der Waals surface area contributed by atoms with Crippen molar-refractivity contribution in [2.24, 2.45) is 0 Å². The summed E-state index contributed by atoms with van der Waals surface area (Å²) in [5, 5.41) is 6.99. The number of amides is 1. The molecule has 1 aromatic heterocycles. The third-order valence-corrected chi connectivity index (χ3v) is 4.18. The maximum atomic E-state index is 12.5. The van der Waals surface area contributed by atoms with Gasteiger partial charge in [-0.3, -0.25) is 4.79 Å². The predicted molar refractivity (Wildman–Crippen MR) is 101 cm³/mol. The lowest BCUT2D eigenvalue weighted by molar-refractivity contribution is -0.119. The van der Waals surface area contributed by atoms with Crippen molar-refractivity contribution in [3.05, 3.63) is 76.3 Å². The van der Waals surface area contributed by atoms with Crippen LogP contribution < -0.4 is 11.0 Å². The van der Waals surface area contributed by atoms with E-state index in [2.05, 4.69) is 15.4 Å². The topological polar surface area (TPSA) is 76.9 Å². The van der Waals surface area contributed by atoms with E-state index in [1.807, 2.05) is 62.4 Å². The van der Waals surface area contributed by atoms with Crippen LogP contribution >= 0.6 is 0 Å². The van der Waals surface area contributed by atoms with Crippen LogP contribution in [0.4, 0.5) is 5.69 Å². The summed E-state index contributed by atoms with van der Waals surface area (Å²) in [5.74, 6) is -0.317. The first-order valence-corrected chi connectivity index (χ1v) is 8.35. The Hall–Kier alpha value is -3.28. The number of nitrogens with one attached hydrogen (secondary N) is 1. The minimum absolute atomic E-state index is 0.317. The molecule has 1 heterocycles. The Labute approximate surface area is 151 Å². The third kappa shape index (κ3) is 3.69. The van der Waals surface area contributed by atoms with E-state index >= 15 is 0 Å². The van der Waals surface area contributed by atoms with Crippen LogP contribution in [0.15, 0.2) is 59.5 Å². The molecule has 2 aromatic carbocycles. The Morgan fingerprint density at radius 3 is 2.54 bits per heavy atom. The van der Waals surface area contributed by atoms with Crippen molar-refractivity contribution in [1.29, 1.82) is 0 Å². The molecule has 0 spiro atoms. The van der Waals surface area contributed by atoms with Gasteiger partial charge in [-0.25, -0.2) is 9.48 Å². The lowest BCUT2D eigenvalue weighted by Crippen LogP contribution is -2.35. The molecular weight excluding hydrogens is 328 g/mol. The summed E-state index contributed by atoms with van der Waals surface area (Å²) in [7, 11) is 0. The van der Waals surface area contributed by atoms with Gasteiger partial charge in [-0.2, -0.15) is 10.1 Å². The molecule has 0 fully saturated rings. The predicted octanol–water partition coefficient (Wildman–Crippen LogP) is 3.12. The first kappa shape index (κ1) is 17.5. The monoisotopic (exact) mass is 348 g/mol. The molecule has 1 amide bonds. The number of hydrogen-bond donors (Lipinski definition) is 1. The maximum Gasteiger partial charge on any atom is 0.365 e. The first-order valence-electron chi connectivity index (χ1n) is 8.35. The summed E-state index contributed by atoms with van der Waals surface area (Å²) in [6.45, 7) is 5.50. The summed E-state index contributed by atoms with van der Waals surface area (Å²) < 4.78 is 1.09. The van der Waals surface area contributed by atoms with E-state index in [-0.39, 0.29) is 5.91 Å². The van der Waals surface area contributed by atoms with Crippen molar-refractivity contribution in [3.63, 3.8) is 0 Å². The van der Waals surface area contributed by atoms with Gasteiger partial charge < -0.3 is 5.32 Å². The van der Waals surface area contributed by atoms with Crippen LogP contribution in [-0.2, 0) is 4.79 Å². The fourth-order valence-corrected chi connectivity index (χ4v) is 2.58.